The largest absolute Gasteiger partial charge is 0.361 e. The molecular weight excluding hydrogens is 380 g/mol. The first-order chi connectivity index (χ1) is 14.2. The second kappa shape index (κ2) is 8.57. The zero-order valence-electron chi connectivity index (χ0n) is 16.7. The fourth-order valence-corrected chi connectivity index (χ4v) is 4.44. The summed E-state index contributed by atoms with van der Waals surface area (Å²) < 4.78 is 0. The Kier molecular flexibility index (Phi) is 5.71. The summed E-state index contributed by atoms with van der Waals surface area (Å²) in [6.45, 7) is 4.62. The molecule has 3 heterocycles. The highest BCUT2D eigenvalue weighted by Gasteiger charge is 2.16. The molecule has 0 saturated heterocycles. The Hall–Kier alpha value is -2.99. The third-order valence-electron chi connectivity index (χ3n) is 4.93. The van der Waals surface area contributed by atoms with Crippen LogP contribution in [0.25, 0.3) is 21.5 Å². The van der Waals surface area contributed by atoms with Gasteiger partial charge in [0.25, 0.3) is 5.91 Å². The molecule has 1 aromatic carbocycles. The number of thiazole rings is 1. The molecule has 0 radical (unpaired) electrons. The molecule has 4 rings (SSSR count). The SMILES string of the molecule is CCCc1cc(-c2nc(C)c(C(=O)NCCc3c[nH]c4ccccc34)s2)ccn1. The highest BCUT2D eigenvalue weighted by molar-refractivity contribution is 7.17. The number of carbonyl (C=O) groups is 1. The summed E-state index contributed by atoms with van der Waals surface area (Å²) in [7, 11) is 0. The molecule has 4 aromatic rings. The lowest BCUT2D eigenvalue weighted by atomic mass is 10.1. The van der Waals surface area contributed by atoms with Gasteiger partial charge in [0.2, 0.25) is 0 Å². The van der Waals surface area contributed by atoms with Crippen LogP contribution in [0, 0.1) is 6.92 Å². The number of amides is 1. The van der Waals surface area contributed by atoms with Crippen LogP contribution in [0.3, 0.4) is 0 Å². The molecular formula is C23H24N4OS. The summed E-state index contributed by atoms with van der Waals surface area (Å²) in [5.41, 5.74) is 5.18. The second-order valence-corrected chi connectivity index (χ2v) is 8.08. The van der Waals surface area contributed by atoms with Gasteiger partial charge >= 0.3 is 0 Å². The average Bonchev–Trinajstić information content (AvgIpc) is 3.32. The lowest BCUT2D eigenvalue weighted by Crippen LogP contribution is -2.25. The molecule has 0 unspecified atom stereocenters. The Morgan fingerprint density at radius 1 is 1.21 bits per heavy atom. The van der Waals surface area contributed by atoms with Gasteiger partial charge < -0.3 is 10.3 Å². The second-order valence-electron chi connectivity index (χ2n) is 7.08. The molecule has 5 nitrogen and oxygen atoms in total. The molecule has 29 heavy (non-hydrogen) atoms. The maximum Gasteiger partial charge on any atom is 0.263 e. The predicted molar refractivity (Wildman–Crippen MR) is 118 cm³/mol. The van der Waals surface area contributed by atoms with Crippen LogP contribution in [0.2, 0.25) is 0 Å². The Balaban J connectivity index is 1.43. The number of H-pyrrole nitrogens is 1. The van der Waals surface area contributed by atoms with Gasteiger partial charge in [-0.2, -0.15) is 0 Å². The summed E-state index contributed by atoms with van der Waals surface area (Å²) >= 11 is 1.44. The maximum absolute atomic E-state index is 12.7. The number of carbonyl (C=O) groups excluding carboxylic acids is 1. The van der Waals surface area contributed by atoms with Crippen molar-refractivity contribution in [2.24, 2.45) is 0 Å². The van der Waals surface area contributed by atoms with Gasteiger partial charge in [0, 0.05) is 41.1 Å². The van der Waals surface area contributed by atoms with Gasteiger partial charge in [0.05, 0.1) is 5.69 Å². The summed E-state index contributed by atoms with van der Waals surface area (Å²) in [6.07, 6.45) is 6.62. The van der Waals surface area contributed by atoms with E-state index in [0.717, 1.165) is 46.7 Å². The fourth-order valence-electron chi connectivity index (χ4n) is 3.46. The number of nitrogens with one attached hydrogen (secondary N) is 2. The van der Waals surface area contributed by atoms with E-state index in [4.69, 9.17) is 0 Å². The zero-order valence-corrected chi connectivity index (χ0v) is 17.5. The summed E-state index contributed by atoms with van der Waals surface area (Å²) in [5.74, 6) is -0.0612. The van der Waals surface area contributed by atoms with E-state index in [2.05, 4.69) is 45.4 Å². The number of fused-ring (bicyclic) bond motifs is 1. The molecule has 1 amide bonds. The van der Waals surface area contributed by atoms with Crippen molar-refractivity contribution in [3.05, 3.63) is 70.6 Å². The number of benzene rings is 1. The Bertz CT molecular complexity index is 1140. The van der Waals surface area contributed by atoms with Crippen molar-refractivity contribution in [3.8, 4) is 10.6 Å². The van der Waals surface area contributed by atoms with Crippen LogP contribution in [0.15, 0.2) is 48.8 Å². The average molecular weight is 405 g/mol. The molecule has 0 fully saturated rings. The van der Waals surface area contributed by atoms with E-state index in [0.29, 0.717) is 11.4 Å². The van der Waals surface area contributed by atoms with Crippen molar-refractivity contribution in [3.63, 3.8) is 0 Å². The van der Waals surface area contributed by atoms with E-state index in [-0.39, 0.29) is 5.91 Å². The van der Waals surface area contributed by atoms with Gasteiger partial charge in [-0.3, -0.25) is 9.78 Å². The van der Waals surface area contributed by atoms with E-state index in [9.17, 15) is 4.79 Å². The Morgan fingerprint density at radius 3 is 2.93 bits per heavy atom. The summed E-state index contributed by atoms with van der Waals surface area (Å²) in [5, 5.41) is 5.12. The van der Waals surface area contributed by atoms with Crippen molar-refractivity contribution < 1.29 is 4.79 Å². The standard InChI is InChI=1S/C23H24N4OS/c1-3-6-18-13-16(9-11-24-18)23-27-15(2)21(29-23)22(28)25-12-10-17-14-26-20-8-5-4-7-19(17)20/h4-5,7-9,11,13-14,26H,3,6,10,12H2,1-2H3,(H,25,28). The van der Waals surface area contributed by atoms with Gasteiger partial charge in [-0.25, -0.2) is 4.98 Å². The summed E-state index contributed by atoms with van der Waals surface area (Å²) in [4.78, 5) is 25.7. The molecule has 6 heteroatoms. The van der Waals surface area contributed by atoms with Gasteiger partial charge in [-0.1, -0.05) is 31.5 Å². The van der Waals surface area contributed by atoms with Gasteiger partial charge in [-0.15, -0.1) is 11.3 Å². The van der Waals surface area contributed by atoms with Crippen LogP contribution in [0.4, 0.5) is 0 Å². The van der Waals surface area contributed by atoms with E-state index in [1.54, 1.807) is 0 Å². The van der Waals surface area contributed by atoms with Crippen molar-refractivity contribution in [1.29, 1.82) is 0 Å². The highest BCUT2D eigenvalue weighted by Crippen LogP contribution is 2.28. The Morgan fingerprint density at radius 2 is 2.07 bits per heavy atom. The topological polar surface area (TPSA) is 70.7 Å². The van der Waals surface area contributed by atoms with Gasteiger partial charge in [-0.05, 0) is 43.5 Å². The quantitative estimate of drug-likeness (QED) is 0.459. The molecule has 2 N–H and O–H groups in total. The van der Waals surface area contributed by atoms with Crippen molar-refractivity contribution in [2.45, 2.75) is 33.1 Å². The molecule has 0 aliphatic rings. The smallest absolute Gasteiger partial charge is 0.263 e. The monoisotopic (exact) mass is 404 g/mol. The normalized spacial score (nSPS) is 11.1. The van der Waals surface area contributed by atoms with Crippen molar-refractivity contribution >= 4 is 28.1 Å². The maximum atomic E-state index is 12.7. The van der Waals surface area contributed by atoms with E-state index >= 15 is 0 Å². The molecule has 0 aliphatic carbocycles. The zero-order chi connectivity index (χ0) is 20.2. The van der Waals surface area contributed by atoms with Gasteiger partial charge in [0.1, 0.15) is 9.88 Å². The minimum atomic E-state index is -0.0612. The molecule has 0 aliphatic heterocycles. The van der Waals surface area contributed by atoms with Crippen LogP contribution in [0.5, 0.6) is 0 Å². The molecule has 148 valence electrons. The lowest BCUT2D eigenvalue weighted by Gasteiger charge is -2.03. The number of hydrogen-bond acceptors (Lipinski definition) is 4. The number of aromatic nitrogens is 3. The Labute approximate surface area is 174 Å². The fraction of sp³-hybridized carbons (Fsp3) is 0.261. The third-order valence-corrected chi connectivity index (χ3v) is 6.13. The predicted octanol–water partition coefficient (Wildman–Crippen LogP) is 4.92. The number of aryl methyl sites for hydroxylation is 2. The molecule has 0 saturated carbocycles. The van der Waals surface area contributed by atoms with E-state index in [1.807, 2.05) is 37.5 Å². The number of nitrogens with zero attached hydrogens (tertiary/aromatic N) is 2. The highest BCUT2D eigenvalue weighted by atomic mass is 32.1. The van der Waals surface area contributed by atoms with Crippen LogP contribution >= 0.6 is 11.3 Å². The van der Waals surface area contributed by atoms with E-state index in [1.165, 1.54) is 22.3 Å². The number of aromatic amines is 1. The number of rotatable bonds is 7. The molecule has 0 atom stereocenters. The molecule has 0 bridgehead atoms. The first kappa shape index (κ1) is 19.3. The number of pyridine rings is 1. The first-order valence-electron chi connectivity index (χ1n) is 9.91. The van der Waals surface area contributed by atoms with Crippen molar-refractivity contribution in [1.82, 2.24) is 20.3 Å². The molecule has 0 spiro atoms. The minimum Gasteiger partial charge on any atom is -0.361 e. The lowest BCUT2D eigenvalue weighted by molar-refractivity contribution is 0.0957. The molecule has 3 aromatic heterocycles. The number of para-hydroxylation sites is 1. The van der Waals surface area contributed by atoms with Crippen LogP contribution in [0.1, 0.15) is 40.0 Å². The minimum absolute atomic E-state index is 0.0612. The first-order valence-corrected chi connectivity index (χ1v) is 10.7. The van der Waals surface area contributed by atoms with Crippen molar-refractivity contribution in [2.75, 3.05) is 6.54 Å². The number of hydrogen-bond donors (Lipinski definition) is 2. The van der Waals surface area contributed by atoms with E-state index < -0.39 is 0 Å². The third kappa shape index (κ3) is 4.22. The van der Waals surface area contributed by atoms with Crippen LogP contribution in [-0.2, 0) is 12.8 Å². The van der Waals surface area contributed by atoms with Crippen LogP contribution < -0.4 is 5.32 Å². The summed E-state index contributed by atoms with van der Waals surface area (Å²) in [6, 6.07) is 12.2. The van der Waals surface area contributed by atoms with Crippen LogP contribution in [-0.4, -0.2) is 27.4 Å². The van der Waals surface area contributed by atoms with Gasteiger partial charge in [0.15, 0.2) is 0 Å².